The van der Waals surface area contributed by atoms with Gasteiger partial charge in [0.05, 0.1) is 36.4 Å². The van der Waals surface area contributed by atoms with Crippen LogP contribution in [0.3, 0.4) is 0 Å². The lowest BCUT2D eigenvalue weighted by molar-refractivity contribution is -0.227. The first-order chi connectivity index (χ1) is 17.7. The second-order valence-electron chi connectivity index (χ2n) is 9.15. The maximum Gasteiger partial charge on any atom is 0.452 e. The van der Waals surface area contributed by atoms with Crippen LogP contribution in [0.25, 0.3) is 0 Å². The molecule has 38 heavy (non-hydrogen) atoms. The zero-order valence-corrected chi connectivity index (χ0v) is 21.3. The lowest BCUT2D eigenvalue weighted by atomic mass is 10.0. The fraction of sp³-hybridized carbons (Fsp3) is 0.417. The highest BCUT2D eigenvalue weighted by Gasteiger charge is 2.40. The summed E-state index contributed by atoms with van der Waals surface area (Å²) in [4.78, 5) is 32.6. The van der Waals surface area contributed by atoms with Crippen molar-refractivity contribution in [1.29, 1.82) is 0 Å². The minimum Gasteiger partial charge on any atom is -0.349 e. The van der Waals surface area contributed by atoms with E-state index >= 15 is 0 Å². The molecule has 2 aromatic carbocycles. The number of alkyl halides is 3. The quantitative estimate of drug-likeness (QED) is 0.384. The van der Waals surface area contributed by atoms with Gasteiger partial charge in [0, 0.05) is 13.1 Å². The number of carbonyl (C=O) groups is 1. The summed E-state index contributed by atoms with van der Waals surface area (Å²) < 4.78 is 77.5. The summed E-state index contributed by atoms with van der Waals surface area (Å²) in [5, 5.41) is 3.80. The van der Waals surface area contributed by atoms with Crippen LogP contribution in [0, 0.1) is 12.7 Å². The zero-order valence-electron chi connectivity index (χ0n) is 20.4. The molecule has 1 fully saturated rings. The smallest absolute Gasteiger partial charge is 0.349 e. The van der Waals surface area contributed by atoms with Crippen LogP contribution in [0.4, 0.5) is 17.6 Å². The third-order valence-corrected chi connectivity index (χ3v) is 7.01. The molecule has 0 aromatic heterocycles. The van der Waals surface area contributed by atoms with Gasteiger partial charge >= 0.3 is 13.9 Å². The van der Waals surface area contributed by atoms with Crippen molar-refractivity contribution in [3.05, 3.63) is 70.5 Å². The van der Waals surface area contributed by atoms with E-state index in [0.717, 1.165) is 12.1 Å². The largest absolute Gasteiger partial charge is 0.452 e. The summed E-state index contributed by atoms with van der Waals surface area (Å²) in [6, 6.07) is 8.46. The first kappa shape index (κ1) is 28.3. The van der Waals surface area contributed by atoms with E-state index in [1.807, 2.05) is 0 Å². The molecule has 0 spiro atoms. The molecule has 14 heteroatoms. The van der Waals surface area contributed by atoms with Gasteiger partial charge in [-0.25, -0.2) is 8.96 Å². The van der Waals surface area contributed by atoms with Crippen LogP contribution in [0.15, 0.2) is 47.6 Å². The van der Waals surface area contributed by atoms with Gasteiger partial charge in [0.15, 0.2) is 6.29 Å². The molecule has 2 aliphatic rings. The molecular weight excluding hydrogens is 533 g/mol. The Hall–Kier alpha value is -2.67. The van der Waals surface area contributed by atoms with Gasteiger partial charge < -0.3 is 19.3 Å². The molecule has 0 saturated carbocycles. The third kappa shape index (κ3) is 6.48. The second-order valence-corrected chi connectivity index (χ2v) is 10.6. The van der Waals surface area contributed by atoms with E-state index in [0.29, 0.717) is 23.2 Å². The van der Waals surface area contributed by atoms with Crippen LogP contribution in [0.5, 0.6) is 0 Å². The van der Waals surface area contributed by atoms with Gasteiger partial charge in [-0.3, -0.25) is 9.69 Å². The number of amides is 1. The number of benzene rings is 2. The lowest BCUT2D eigenvalue weighted by Crippen LogP contribution is -2.48. The molecule has 2 aliphatic heterocycles. The number of hydrazone groups is 1. The molecule has 206 valence electrons. The van der Waals surface area contributed by atoms with E-state index < -0.39 is 49.6 Å². The van der Waals surface area contributed by atoms with Gasteiger partial charge in [0.25, 0.3) is 5.91 Å². The Morgan fingerprint density at radius 1 is 1.21 bits per heavy atom. The van der Waals surface area contributed by atoms with Crippen molar-refractivity contribution in [1.82, 2.24) is 9.68 Å². The predicted octanol–water partition coefficient (Wildman–Crippen LogP) is 4.31. The average Bonchev–Trinajstić information content (AvgIpc) is 3.19. The number of carbonyl (C=O) groups excluding carboxylic acids is 1. The van der Waals surface area contributed by atoms with E-state index in [9.17, 15) is 36.7 Å². The van der Waals surface area contributed by atoms with Crippen molar-refractivity contribution in [2.45, 2.75) is 44.9 Å². The molecule has 2 N–H and O–H groups in total. The fourth-order valence-corrected chi connectivity index (χ4v) is 5.10. The molecule has 0 unspecified atom stereocenters. The number of hydrogen-bond donors (Lipinski definition) is 2. The van der Waals surface area contributed by atoms with Gasteiger partial charge in [0.1, 0.15) is 5.82 Å². The molecule has 1 amide bonds. The minimum atomic E-state index is -4.92. The van der Waals surface area contributed by atoms with Gasteiger partial charge in [-0.1, -0.05) is 23.8 Å². The molecule has 0 radical (unpaired) electrons. The lowest BCUT2D eigenvalue weighted by Gasteiger charge is -2.42. The summed E-state index contributed by atoms with van der Waals surface area (Å²) in [6.45, 7) is 3.62. The fourth-order valence-electron chi connectivity index (χ4n) is 4.49. The number of halogens is 4. The highest BCUT2D eigenvalue weighted by atomic mass is 31.2. The predicted molar refractivity (Wildman–Crippen MR) is 127 cm³/mol. The molecule has 1 saturated heterocycles. The third-order valence-electron chi connectivity index (χ3n) is 6.20. The van der Waals surface area contributed by atoms with E-state index in [2.05, 4.69) is 5.10 Å². The highest BCUT2D eigenvalue weighted by molar-refractivity contribution is 7.49. The summed E-state index contributed by atoms with van der Waals surface area (Å²) in [5.41, 5.74) is 0.666. The van der Waals surface area contributed by atoms with Crippen LogP contribution in [0.1, 0.15) is 47.7 Å². The standard InChI is InChI=1S/C24H26F4N3O6P/c1-14-9-17(11-18(10-14)24(26,27)28)15(2)37-23-22(16-3-5-19(25)6-4-16)30(7-8-36-23)13-20-12-21(32)31(29-20)38(33,34)35/h3-6,9-11,15,22-23H,7-8,12-13H2,1-2H3,(H2,33,34,35)/t15-,22+,23-/m1/s1. The Labute approximate surface area is 215 Å². The molecule has 0 bridgehead atoms. The van der Waals surface area contributed by atoms with Crippen molar-refractivity contribution >= 4 is 19.4 Å². The topological polar surface area (TPSA) is 112 Å². The van der Waals surface area contributed by atoms with Gasteiger partial charge in [-0.15, -0.1) is 4.78 Å². The van der Waals surface area contributed by atoms with Crippen molar-refractivity contribution in [2.24, 2.45) is 5.10 Å². The Balaban J connectivity index is 1.62. The molecule has 3 atom stereocenters. The van der Waals surface area contributed by atoms with Crippen LogP contribution >= 0.6 is 7.75 Å². The molecule has 2 heterocycles. The summed E-state index contributed by atoms with van der Waals surface area (Å²) in [7, 11) is -4.92. The average molecular weight is 559 g/mol. The molecular formula is C24H26F4N3O6P. The molecule has 9 nitrogen and oxygen atoms in total. The second kappa shape index (κ2) is 10.8. The van der Waals surface area contributed by atoms with E-state index in [1.165, 1.54) is 24.3 Å². The molecule has 0 aliphatic carbocycles. The van der Waals surface area contributed by atoms with Crippen LogP contribution in [-0.4, -0.2) is 57.1 Å². The van der Waals surface area contributed by atoms with Crippen LogP contribution < -0.4 is 0 Å². The molecule has 4 rings (SSSR count). The number of nitrogens with zero attached hydrogens (tertiary/aromatic N) is 3. The maximum absolute atomic E-state index is 13.7. The number of aryl methyl sites for hydroxylation is 1. The summed E-state index contributed by atoms with van der Waals surface area (Å²) in [6.07, 6.45) is -6.66. The van der Waals surface area contributed by atoms with Crippen LogP contribution in [0.2, 0.25) is 0 Å². The SMILES string of the molecule is Cc1cc([C@@H](C)O[C@H]2OCCN(CC3=NN(P(=O)(O)O)C(=O)C3)[C@H]2c2ccc(F)cc2)cc(C(F)(F)F)c1. The zero-order chi connectivity index (χ0) is 27.8. The number of morpholine rings is 1. The maximum atomic E-state index is 13.7. The summed E-state index contributed by atoms with van der Waals surface area (Å²) >= 11 is 0. The van der Waals surface area contributed by atoms with Gasteiger partial charge in [-0.2, -0.15) is 18.3 Å². The van der Waals surface area contributed by atoms with Crippen molar-refractivity contribution in [3.63, 3.8) is 0 Å². The monoisotopic (exact) mass is 559 g/mol. The van der Waals surface area contributed by atoms with Crippen molar-refractivity contribution < 1.29 is 46.2 Å². The van der Waals surface area contributed by atoms with Crippen molar-refractivity contribution in [2.75, 3.05) is 19.7 Å². The van der Waals surface area contributed by atoms with E-state index in [-0.39, 0.29) is 30.1 Å². The van der Waals surface area contributed by atoms with Crippen molar-refractivity contribution in [3.8, 4) is 0 Å². The van der Waals surface area contributed by atoms with E-state index in [4.69, 9.17) is 9.47 Å². The van der Waals surface area contributed by atoms with Gasteiger partial charge in [0.2, 0.25) is 0 Å². The van der Waals surface area contributed by atoms with Gasteiger partial charge in [-0.05, 0) is 49.2 Å². The first-order valence-electron chi connectivity index (χ1n) is 11.6. The Bertz CT molecular complexity index is 1270. The summed E-state index contributed by atoms with van der Waals surface area (Å²) in [5.74, 6) is -1.33. The van der Waals surface area contributed by atoms with E-state index in [1.54, 1.807) is 24.8 Å². The minimum absolute atomic E-state index is 0.0184. The Morgan fingerprint density at radius 2 is 1.89 bits per heavy atom. The molecule has 2 aromatic rings. The normalized spacial score (nSPS) is 22.1. The Morgan fingerprint density at radius 3 is 2.50 bits per heavy atom. The Kier molecular flexibility index (Phi) is 8.08. The first-order valence-corrected chi connectivity index (χ1v) is 13.2. The highest BCUT2D eigenvalue weighted by Crippen LogP contribution is 2.43. The number of hydrogen-bond acceptors (Lipinski definition) is 6. The number of rotatable bonds is 7. The number of ether oxygens (including phenoxy) is 2. The van der Waals surface area contributed by atoms with Crippen LogP contribution in [-0.2, 0) is 25.0 Å².